The molecule has 0 saturated carbocycles. The third-order valence-corrected chi connectivity index (χ3v) is 2.72. The van der Waals surface area contributed by atoms with E-state index in [1.54, 1.807) is 7.11 Å². The smallest absolute Gasteiger partial charge is 0.208 e. The summed E-state index contributed by atoms with van der Waals surface area (Å²) in [6, 6.07) is 0.544. The van der Waals surface area contributed by atoms with Crippen LogP contribution < -0.4 is 11.3 Å². The second-order valence-electron chi connectivity index (χ2n) is 3.88. The summed E-state index contributed by atoms with van der Waals surface area (Å²) in [6.07, 6.45) is 3.38. The average Bonchev–Trinajstić information content (AvgIpc) is 2.65. The molecule has 1 heterocycles. The van der Waals surface area contributed by atoms with Crippen LogP contribution in [-0.4, -0.2) is 43.7 Å². The van der Waals surface area contributed by atoms with Crippen LogP contribution in [0.5, 0.6) is 0 Å². The summed E-state index contributed by atoms with van der Waals surface area (Å²) >= 11 is 0. The summed E-state index contributed by atoms with van der Waals surface area (Å²) in [5.41, 5.74) is 2.69. The number of nitrogens with one attached hydrogen (secondary N) is 1. The summed E-state index contributed by atoms with van der Waals surface area (Å²) in [5, 5.41) is 0. The molecule has 0 spiro atoms. The van der Waals surface area contributed by atoms with Gasteiger partial charge in [0.2, 0.25) is 5.96 Å². The second-order valence-corrected chi connectivity index (χ2v) is 3.88. The molecule has 5 nitrogen and oxygen atoms in total. The molecule has 1 atom stereocenters. The number of hydrogen-bond donors (Lipinski definition) is 2. The van der Waals surface area contributed by atoms with Gasteiger partial charge in [0, 0.05) is 32.8 Å². The average molecular weight is 214 g/mol. The van der Waals surface area contributed by atoms with Crippen LogP contribution in [0.25, 0.3) is 0 Å². The maximum atomic E-state index is 5.48. The number of aliphatic imine (C=N–C) groups is 1. The van der Waals surface area contributed by atoms with Gasteiger partial charge in [-0.3, -0.25) is 10.4 Å². The van der Waals surface area contributed by atoms with Gasteiger partial charge >= 0.3 is 0 Å². The van der Waals surface area contributed by atoms with E-state index < -0.39 is 0 Å². The molecule has 1 aliphatic rings. The molecule has 15 heavy (non-hydrogen) atoms. The molecule has 3 N–H and O–H groups in total. The number of nitrogens with two attached hydrogens (primary N) is 1. The Bertz CT molecular complexity index is 208. The van der Waals surface area contributed by atoms with Gasteiger partial charge in [-0.2, -0.15) is 0 Å². The van der Waals surface area contributed by atoms with Crippen molar-refractivity contribution in [3.63, 3.8) is 0 Å². The SMILES string of the molecule is COCCCN=C(NN)N1CCCC1C. The highest BCUT2D eigenvalue weighted by molar-refractivity contribution is 5.79. The first-order valence-electron chi connectivity index (χ1n) is 5.56. The highest BCUT2D eigenvalue weighted by Gasteiger charge is 2.22. The molecular weight excluding hydrogens is 192 g/mol. The molecule has 0 radical (unpaired) electrons. The molecule has 0 aromatic carbocycles. The number of hydrogen-bond acceptors (Lipinski definition) is 3. The van der Waals surface area contributed by atoms with Crippen molar-refractivity contribution >= 4 is 5.96 Å². The summed E-state index contributed by atoms with van der Waals surface area (Å²) in [5.74, 6) is 6.29. The molecule has 1 fully saturated rings. The standard InChI is InChI=1S/C10H22N4O/c1-9-5-3-7-14(9)10(13-11)12-6-4-8-15-2/h9H,3-8,11H2,1-2H3,(H,12,13). The number of guanidine groups is 1. The lowest BCUT2D eigenvalue weighted by molar-refractivity contribution is 0.197. The maximum absolute atomic E-state index is 5.48. The first kappa shape index (κ1) is 12.3. The lowest BCUT2D eigenvalue weighted by Crippen LogP contribution is -2.46. The van der Waals surface area contributed by atoms with E-state index in [1.165, 1.54) is 12.8 Å². The van der Waals surface area contributed by atoms with E-state index in [1.807, 2.05) is 0 Å². The molecule has 88 valence electrons. The molecule has 1 saturated heterocycles. The highest BCUT2D eigenvalue weighted by atomic mass is 16.5. The Kier molecular flexibility index (Phi) is 5.42. The van der Waals surface area contributed by atoms with Crippen molar-refractivity contribution in [2.45, 2.75) is 32.2 Å². The van der Waals surface area contributed by atoms with Gasteiger partial charge in [0.1, 0.15) is 0 Å². The van der Waals surface area contributed by atoms with Gasteiger partial charge in [-0.15, -0.1) is 0 Å². The van der Waals surface area contributed by atoms with Crippen molar-refractivity contribution < 1.29 is 4.74 Å². The topological polar surface area (TPSA) is 62.9 Å². The predicted molar refractivity (Wildman–Crippen MR) is 61.5 cm³/mol. The zero-order valence-corrected chi connectivity index (χ0v) is 9.70. The monoisotopic (exact) mass is 214 g/mol. The van der Waals surface area contributed by atoms with Gasteiger partial charge < -0.3 is 9.64 Å². The molecule has 0 bridgehead atoms. The Morgan fingerprint density at radius 3 is 3.00 bits per heavy atom. The molecule has 0 aliphatic carbocycles. The first-order chi connectivity index (χ1) is 7.29. The van der Waals surface area contributed by atoms with Gasteiger partial charge in [0.25, 0.3) is 0 Å². The fourth-order valence-corrected chi connectivity index (χ4v) is 1.86. The van der Waals surface area contributed by atoms with Gasteiger partial charge in [0.15, 0.2) is 0 Å². The van der Waals surface area contributed by atoms with Gasteiger partial charge in [-0.05, 0) is 26.2 Å². The van der Waals surface area contributed by atoms with Crippen LogP contribution in [0.1, 0.15) is 26.2 Å². The Balaban J connectivity index is 2.39. The molecule has 5 heteroatoms. The number of ether oxygens (including phenoxy) is 1. The Morgan fingerprint density at radius 1 is 1.67 bits per heavy atom. The molecular formula is C10H22N4O. The van der Waals surface area contributed by atoms with E-state index in [9.17, 15) is 0 Å². The third kappa shape index (κ3) is 3.68. The lowest BCUT2D eigenvalue weighted by Gasteiger charge is -2.24. The minimum absolute atomic E-state index is 0.544. The quantitative estimate of drug-likeness (QED) is 0.233. The molecule has 0 amide bonds. The van der Waals surface area contributed by atoms with E-state index in [0.29, 0.717) is 6.04 Å². The van der Waals surface area contributed by atoms with E-state index in [4.69, 9.17) is 10.6 Å². The van der Waals surface area contributed by atoms with Gasteiger partial charge in [-0.25, -0.2) is 5.84 Å². The van der Waals surface area contributed by atoms with E-state index >= 15 is 0 Å². The summed E-state index contributed by atoms with van der Waals surface area (Å²) in [6.45, 7) is 4.76. The van der Waals surface area contributed by atoms with Crippen molar-refractivity contribution in [1.29, 1.82) is 0 Å². The summed E-state index contributed by atoms with van der Waals surface area (Å²) < 4.78 is 4.97. The van der Waals surface area contributed by atoms with Crippen LogP contribution in [0.3, 0.4) is 0 Å². The summed E-state index contributed by atoms with van der Waals surface area (Å²) in [7, 11) is 1.70. The number of likely N-dealkylation sites (tertiary alicyclic amines) is 1. The first-order valence-corrected chi connectivity index (χ1v) is 5.56. The Labute approximate surface area is 91.6 Å². The van der Waals surface area contributed by atoms with Crippen molar-refractivity contribution in [1.82, 2.24) is 10.3 Å². The van der Waals surface area contributed by atoms with E-state index in [0.717, 1.165) is 32.1 Å². The van der Waals surface area contributed by atoms with Crippen LogP contribution in [0, 0.1) is 0 Å². The van der Waals surface area contributed by atoms with Crippen molar-refractivity contribution in [3.05, 3.63) is 0 Å². The number of hydrazine groups is 1. The zero-order valence-electron chi connectivity index (χ0n) is 9.70. The fraction of sp³-hybridized carbons (Fsp3) is 0.900. The van der Waals surface area contributed by atoms with Crippen LogP contribution in [-0.2, 0) is 4.74 Å². The number of methoxy groups -OCH3 is 1. The van der Waals surface area contributed by atoms with Gasteiger partial charge in [0.05, 0.1) is 0 Å². The van der Waals surface area contributed by atoms with Crippen LogP contribution in [0.4, 0.5) is 0 Å². The fourth-order valence-electron chi connectivity index (χ4n) is 1.86. The third-order valence-electron chi connectivity index (χ3n) is 2.72. The second kappa shape index (κ2) is 6.63. The Morgan fingerprint density at radius 2 is 2.47 bits per heavy atom. The van der Waals surface area contributed by atoms with Crippen LogP contribution in [0.2, 0.25) is 0 Å². The highest BCUT2D eigenvalue weighted by Crippen LogP contribution is 2.15. The molecule has 0 aromatic heterocycles. The lowest BCUT2D eigenvalue weighted by atomic mass is 10.2. The molecule has 1 rings (SSSR count). The normalized spacial score (nSPS) is 22.2. The van der Waals surface area contributed by atoms with Gasteiger partial charge in [-0.1, -0.05) is 0 Å². The predicted octanol–water partition coefficient (Wildman–Crippen LogP) is 0.327. The van der Waals surface area contributed by atoms with Crippen molar-refractivity contribution in [3.8, 4) is 0 Å². The molecule has 1 unspecified atom stereocenters. The van der Waals surface area contributed by atoms with Crippen LogP contribution in [0.15, 0.2) is 4.99 Å². The largest absolute Gasteiger partial charge is 0.385 e. The van der Waals surface area contributed by atoms with Crippen molar-refractivity contribution in [2.75, 3.05) is 26.8 Å². The molecule has 0 aromatic rings. The maximum Gasteiger partial charge on any atom is 0.208 e. The van der Waals surface area contributed by atoms with Crippen LogP contribution >= 0.6 is 0 Å². The zero-order chi connectivity index (χ0) is 11.1. The Hall–Kier alpha value is -0.810. The number of nitrogens with zero attached hydrogens (tertiary/aromatic N) is 2. The minimum atomic E-state index is 0.544. The summed E-state index contributed by atoms with van der Waals surface area (Å²) in [4.78, 5) is 6.67. The van der Waals surface area contributed by atoms with Crippen molar-refractivity contribution in [2.24, 2.45) is 10.8 Å². The number of rotatable bonds is 4. The molecule has 1 aliphatic heterocycles. The minimum Gasteiger partial charge on any atom is -0.385 e. The van der Waals surface area contributed by atoms with E-state index in [2.05, 4.69) is 22.2 Å². The van der Waals surface area contributed by atoms with E-state index in [-0.39, 0.29) is 0 Å².